The lowest BCUT2D eigenvalue weighted by molar-refractivity contribution is 0.102. The van der Waals surface area contributed by atoms with E-state index in [0.29, 0.717) is 28.9 Å². The Morgan fingerprint density at radius 3 is 2.50 bits per heavy atom. The minimum Gasteiger partial charge on any atom is -0.334 e. The Hall–Kier alpha value is -2.92. The molecule has 0 atom stereocenters. The van der Waals surface area contributed by atoms with E-state index in [0.717, 1.165) is 11.3 Å². The standard InChI is InChI=1S/C22H23ClN4O/c1-15(2)27(14-17-8-5-4-6-9-17)22-24-16(3)12-20(26-22)21(28)25-19-11-7-10-18(23)13-19/h4-13,15H,14H2,1-3H3,(H,25,28). The van der Waals surface area contributed by atoms with Crippen molar-refractivity contribution in [2.45, 2.75) is 33.4 Å². The zero-order valence-corrected chi connectivity index (χ0v) is 16.9. The third-order valence-corrected chi connectivity index (χ3v) is 4.47. The zero-order chi connectivity index (χ0) is 20.1. The molecule has 0 unspecified atom stereocenters. The van der Waals surface area contributed by atoms with Crippen molar-refractivity contribution in [3.8, 4) is 0 Å². The summed E-state index contributed by atoms with van der Waals surface area (Å²) in [7, 11) is 0. The quantitative estimate of drug-likeness (QED) is 0.631. The molecule has 0 aliphatic rings. The number of halogens is 1. The Labute approximate surface area is 170 Å². The second-order valence-corrected chi connectivity index (χ2v) is 7.30. The molecule has 0 saturated heterocycles. The molecule has 0 fully saturated rings. The van der Waals surface area contributed by atoms with Crippen LogP contribution in [-0.4, -0.2) is 21.9 Å². The average molecular weight is 395 g/mol. The predicted octanol–water partition coefficient (Wildman–Crippen LogP) is 5.11. The fourth-order valence-corrected chi connectivity index (χ4v) is 3.01. The van der Waals surface area contributed by atoms with E-state index in [4.69, 9.17) is 11.6 Å². The molecule has 3 aromatic rings. The molecule has 1 heterocycles. The van der Waals surface area contributed by atoms with Gasteiger partial charge in [0.1, 0.15) is 5.69 Å². The van der Waals surface area contributed by atoms with Gasteiger partial charge in [-0.25, -0.2) is 9.97 Å². The van der Waals surface area contributed by atoms with Crippen molar-refractivity contribution in [2.24, 2.45) is 0 Å². The molecule has 0 aliphatic carbocycles. The molecule has 1 amide bonds. The van der Waals surface area contributed by atoms with E-state index in [2.05, 4.69) is 46.2 Å². The lowest BCUT2D eigenvalue weighted by atomic mass is 10.2. The first-order valence-electron chi connectivity index (χ1n) is 9.15. The van der Waals surface area contributed by atoms with Gasteiger partial charge in [0.15, 0.2) is 0 Å². The van der Waals surface area contributed by atoms with E-state index < -0.39 is 0 Å². The van der Waals surface area contributed by atoms with E-state index >= 15 is 0 Å². The summed E-state index contributed by atoms with van der Waals surface area (Å²) in [5.41, 5.74) is 2.84. The molecule has 0 saturated carbocycles. The Morgan fingerprint density at radius 2 is 1.82 bits per heavy atom. The number of carbonyl (C=O) groups is 1. The summed E-state index contributed by atoms with van der Waals surface area (Å²) >= 11 is 5.99. The summed E-state index contributed by atoms with van der Waals surface area (Å²) in [6.07, 6.45) is 0. The summed E-state index contributed by atoms with van der Waals surface area (Å²) < 4.78 is 0. The van der Waals surface area contributed by atoms with Crippen LogP contribution < -0.4 is 10.2 Å². The molecule has 3 rings (SSSR count). The van der Waals surface area contributed by atoms with Crippen molar-refractivity contribution in [1.82, 2.24) is 9.97 Å². The highest BCUT2D eigenvalue weighted by Crippen LogP contribution is 2.19. The van der Waals surface area contributed by atoms with Gasteiger partial charge in [-0.2, -0.15) is 0 Å². The maximum absolute atomic E-state index is 12.7. The third kappa shape index (κ3) is 5.08. The van der Waals surface area contributed by atoms with Gasteiger partial charge in [0, 0.05) is 29.0 Å². The highest BCUT2D eigenvalue weighted by molar-refractivity contribution is 6.30. The van der Waals surface area contributed by atoms with Gasteiger partial charge >= 0.3 is 0 Å². The summed E-state index contributed by atoms with van der Waals surface area (Å²) in [5, 5.41) is 3.40. The summed E-state index contributed by atoms with van der Waals surface area (Å²) in [4.78, 5) is 23.9. The van der Waals surface area contributed by atoms with Crippen LogP contribution in [0.4, 0.5) is 11.6 Å². The molecule has 28 heavy (non-hydrogen) atoms. The van der Waals surface area contributed by atoms with Gasteiger partial charge in [-0.3, -0.25) is 4.79 Å². The van der Waals surface area contributed by atoms with E-state index in [-0.39, 0.29) is 11.9 Å². The predicted molar refractivity (Wildman–Crippen MR) is 114 cm³/mol. The maximum Gasteiger partial charge on any atom is 0.274 e. The zero-order valence-electron chi connectivity index (χ0n) is 16.2. The van der Waals surface area contributed by atoms with Gasteiger partial charge in [-0.1, -0.05) is 48.0 Å². The monoisotopic (exact) mass is 394 g/mol. The molecule has 0 radical (unpaired) electrons. The van der Waals surface area contributed by atoms with Crippen LogP contribution in [0.2, 0.25) is 5.02 Å². The number of carbonyl (C=O) groups excluding carboxylic acids is 1. The van der Waals surface area contributed by atoms with Gasteiger partial charge in [0.25, 0.3) is 5.91 Å². The van der Waals surface area contributed by atoms with Crippen molar-refractivity contribution in [2.75, 3.05) is 10.2 Å². The van der Waals surface area contributed by atoms with Crippen LogP contribution in [0.3, 0.4) is 0 Å². The van der Waals surface area contributed by atoms with Crippen LogP contribution in [0.25, 0.3) is 0 Å². The maximum atomic E-state index is 12.7. The van der Waals surface area contributed by atoms with Gasteiger partial charge < -0.3 is 10.2 Å². The number of aromatic nitrogens is 2. The van der Waals surface area contributed by atoms with Crippen LogP contribution in [-0.2, 0) is 6.54 Å². The van der Waals surface area contributed by atoms with Crippen LogP contribution in [0, 0.1) is 6.92 Å². The minimum absolute atomic E-state index is 0.172. The van der Waals surface area contributed by atoms with E-state index in [9.17, 15) is 4.79 Å². The number of hydrogen-bond acceptors (Lipinski definition) is 4. The van der Waals surface area contributed by atoms with E-state index in [1.54, 1.807) is 30.3 Å². The number of rotatable bonds is 6. The molecule has 2 aromatic carbocycles. The van der Waals surface area contributed by atoms with Gasteiger partial charge in [-0.05, 0) is 50.6 Å². The fraction of sp³-hybridized carbons (Fsp3) is 0.227. The average Bonchev–Trinajstić information content (AvgIpc) is 2.66. The smallest absolute Gasteiger partial charge is 0.274 e. The highest BCUT2D eigenvalue weighted by atomic mass is 35.5. The summed E-state index contributed by atoms with van der Waals surface area (Å²) in [5.74, 6) is 0.243. The van der Waals surface area contributed by atoms with Crippen LogP contribution in [0.1, 0.15) is 35.6 Å². The minimum atomic E-state index is -0.294. The van der Waals surface area contributed by atoms with Crippen LogP contribution in [0.5, 0.6) is 0 Å². The molecule has 5 nitrogen and oxygen atoms in total. The Balaban J connectivity index is 1.87. The Morgan fingerprint density at radius 1 is 1.07 bits per heavy atom. The summed E-state index contributed by atoms with van der Waals surface area (Å²) in [6.45, 7) is 6.69. The molecular formula is C22H23ClN4O. The topological polar surface area (TPSA) is 58.1 Å². The van der Waals surface area contributed by atoms with Crippen molar-refractivity contribution < 1.29 is 4.79 Å². The molecule has 144 valence electrons. The Bertz CT molecular complexity index is 960. The molecule has 6 heteroatoms. The first-order valence-corrected chi connectivity index (χ1v) is 9.53. The number of anilines is 2. The molecule has 0 aliphatic heterocycles. The molecular weight excluding hydrogens is 372 g/mol. The normalized spacial score (nSPS) is 10.8. The first-order chi connectivity index (χ1) is 13.4. The first kappa shape index (κ1) is 19.8. The number of aryl methyl sites for hydroxylation is 1. The second kappa shape index (κ2) is 8.85. The molecule has 1 aromatic heterocycles. The summed E-state index contributed by atoms with van der Waals surface area (Å²) in [6, 6.07) is 19.0. The molecule has 0 bridgehead atoms. The Kier molecular flexibility index (Phi) is 6.26. The highest BCUT2D eigenvalue weighted by Gasteiger charge is 2.18. The largest absolute Gasteiger partial charge is 0.334 e. The second-order valence-electron chi connectivity index (χ2n) is 6.87. The van der Waals surface area contributed by atoms with Crippen molar-refractivity contribution >= 4 is 29.1 Å². The van der Waals surface area contributed by atoms with Crippen LogP contribution in [0.15, 0.2) is 60.7 Å². The van der Waals surface area contributed by atoms with Crippen molar-refractivity contribution in [1.29, 1.82) is 0 Å². The van der Waals surface area contributed by atoms with Gasteiger partial charge in [-0.15, -0.1) is 0 Å². The molecule has 0 spiro atoms. The number of benzene rings is 2. The van der Waals surface area contributed by atoms with Gasteiger partial charge in [0.2, 0.25) is 5.95 Å². The van der Waals surface area contributed by atoms with Gasteiger partial charge in [0.05, 0.1) is 0 Å². The fourth-order valence-electron chi connectivity index (χ4n) is 2.82. The lowest BCUT2D eigenvalue weighted by Crippen LogP contribution is -2.32. The van der Waals surface area contributed by atoms with Crippen LogP contribution >= 0.6 is 11.6 Å². The third-order valence-electron chi connectivity index (χ3n) is 4.23. The number of nitrogens with one attached hydrogen (secondary N) is 1. The van der Waals surface area contributed by atoms with Crippen molar-refractivity contribution in [3.63, 3.8) is 0 Å². The lowest BCUT2D eigenvalue weighted by Gasteiger charge is -2.27. The van der Waals surface area contributed by atoms with Crippen molar-refractivity contribution in [3.05, 3.63) is 82.6 Å². The van der Waals surface area contributed by atoms with E-state index in [1.807, 2.05) is 25.1 Å². The van der Waals surface area contributed by atoms with E-state index in [1.165, 1.54) is 0 Å². The SMILES string of the molecule is Cc1cc(C(=O)Nc2cccc(Cl)c2)nc(N(Cc2ccccc2)C(C)C)n1. The number of nitrogens with zero attached hydrogens (tertiary/aromatic N) is 3. The molecule has 1 N–H and O–H groups in total. The number of amides is 1. The number of hydrogen-bond donors (Lipinski definition) is 1.